The van der Waals surface area contributed by atoms with Crippen molar-refractivity contribution in [3.8, 4) is 11.5 Å². The average molecular weight is 248 g/mol. The Bertz CT molecular complexity index is 456. The quantitative estimate of drug-likeness (QED) is 0.824. The Kier molecular flexibility index (Phi) is 3.06. The fourth-order valence-electron chi connectivity index (χ4n) is 2.33. The van der Waals surface area contributed by atoms with Gasteiger partial charge >= 0.3 is 0 Å². The first kappa shape index (κ1) is 11.3. The number of nitrogens with one attached hydrogen (secondary N) is 2. The average Bonchev–Trinajstić information content (AvgIpc) is 3.05. The van der Waals surface area contributed by atoms with Gasteiger partial charge in [0.25, 0.3) is 0 Å². The van der Waals surface area contributed by atoms with Crippen molar-refractivity contribution in [2.24, 2.45) is 5.92 Å². The number of hydrogen-bond donors (Lipinski definition) is 2. The summed E-state index contributed by atoms with van der Waals surface area (Å²) in [5.74, 6) is 1.71. The van der Waals surface area contributed by atoms with Crippen molar-refractivity contribution in [2.45, 2.75) is 13.0 Å². The van der Waals surface area contributed by atoms with E-state index in [1.165, 1.54) is 0 Å². The highest BCUT2D eigenvalue weighted by Gasteiger charge is 2.23. The van der Waals surface area contributed by atoms with Crippen LogP contribution in [0.3, 0.4) is 0 Å². The molecule has 18 heavy (non-hydrogen) atoms. The molecule has 0 aliphatic carbocycles. The highest BCUT2D eigenvalue weighted by atomic mass is 16.7. The summed E-state index contributed by atoms with van der Waals surface area (Å²) in [6.45, 7) is 2.45. The van der Waals surface area contributed by atoms with Crippen LogP contribution in [-0.4, -0.2) is 25.8 Å². The molecule has 2 N–H and O–H groups in total. The molecule has 0 saturated carbocycles. The van der Waals surface area contributed by atoms with Crippen LogP contribution in [0.2, 0.25) is 0 Å². The summed E-state index contributed by atoms with van der Waals surface area (Å²) in [4.78, 5) is 11.9. The third-order valence-electron chi connectivity index (χ3n) is 3.36. The number of fused-ring (bicyclic) bond motifs is 1. The fourth-order valence-corrected chi connectivity index (χ4v) is 2.33. The smallest absolute Gasteiger partial charge is 0.231 e. The molecule has 1 fully saturated rings. The van der Waals surface area contributed by atoms with Crippen LogP contribution >= 0.6 is 0 Å². The summed E-state index contributed by atoms with van der Waals surface area (Å²) in [6.07, 6.45) is 0.915. The second kappa shape index (κ2) is 4.86. The zero-order valence-electron chi connectivity index (χ0n) is 10.1. The molecule has 1 unspecified atom stereocenters. The molecule has 1 amide bonds. The Morgan fingerprint density at radius 3 is 3.22 bits per heavy atom. The summed E-state index contributed by atoms with van der Waals surface area (Å²) in [6, 6.07) is 5.72. The number of benzene rings is 1. The van der Waals surface area contributed by atoms with Gasteiger partial charge in [-0.15, -0.1) is 0 Å². The van der Waals surface area contributed by atoms with Gasteiger partial charge in [-0.3, -0.25) is 4.79 Å². The molecule has 5 heteroatoms. The van der Waals surface area contributed by atoms with Crippen LogP contribution in [0.5, 0.6) is 11.5 Å². The summed E-state index contributed by atoms with van der Waals surface area (Å²) < 4.78 is 10.7. The molecule has 0 spiro atoms. The lowest BCUT2D eigenvalue weighted by Gasteiger charge is -2.11. The van der Waals surface area contributed by atoms with Gasteiger partial charge in [0.2, 0.25) is 12.7 Å². The van der Waals surface area contributed by atoms with E-state index in [9.17, 15) is 4.79 Å². The Hall–Kier alpha value is -1.75. The van der Waals surface area contributed by atoms with E-state index in [-0.39, 0.29) is 18.6 Å². The molecule has 0 bridgehead atoms. The van der Waals surface area contributed by atoms with E-state index in [0.29, 0.717) is 6.54 Å². The van der Waals surface area contributed by atoms with Crippen LogP contribution in [0.15, 0.2) is 18.2 Å². The first-order valence-corrected chi connectivity index (χ1v) is 6.20. The minimum Gasteiger partial charge on any atom is -0.454 e. The molecule has 96 valence electrons. The highest BCUT2D eigenvalue weighted by Crippen LogP contribution is 2.35. The van der Waals surface area contributed by atoms with Gasteiger partial charge in [-0.2, -0.15) is 0 Å². The number of para-hydroxylation sites is 1. The van der Waals surface area contributed by atoms with Crippen molar-refractivity contribution in [3.05, 3.63) is 23.8 Å². The first-order chi connectivity index (χ1) is 8.84. The molecule has 0 radical (unpaired) electrons. The van der Waals surface area contributed by atoms with Gasteiger partial charge in [-0.05, 0) is 19.0 Å². The van der Waals surface area contributed by atoms with Crippen molar-refractivity contribution in [2.75, 3.05) is 19.9 Å². The molecule has 1 saturated heterocycles. The van der Waals surface area contributed by atoms with Gasteiger partial charge in [0.05, 0.1) is 5.92 Å². The molecular weight excluding hydrogens is 232 g/mol. The summed E-state index contributed by atoms with van der Waals surface area (Å²) in [5.41, 5.74) is 0.962. The standard InChI is InChI=1S/C13H16N2O3/c16-13(10-4-5-14-6-10)15-7-9-2-1-3-11-12(9)18-8-17-11/h1-3,10,14H,4-8H2,(H,15,16). The van der Waals surface area contributed by atoms with Crippen molar-refractivity contribution in [1.29, 1.82) is 0 Å². The summed E-state index contributed by atoms with van der Waals surface area (Å²) in [5, 5.41) is 6.14. The Morgan fingerprint density at radius 1 is 1.44 bits per heavy atom. The summed E-state index contributed by atoms with van der Waals surface area (Å²) >= 11 is 0. The van der Waals surface area contributed by atoms with Gasteiger partial charge in [-0.1, -0.05) is 12.1 Å². The fraction of sp³-hybridized carbons (Fsp3) is 0.462. The number of amides is 1. The normalized spacial score (nSPS) is 21.0. The van der Waals surface area contributed by atoms with Crippen LogP contribution in [0.4, 0.5) is 0 Å². The SMILES string of the molecule is O=C(NCc1cccc2c1OCO2)C1CCNC1. The molecule has 3 rings (SSSR count). The van der Waals surface area contributed by atoms with E-state index in [1.54, 1.807) is 0 Å². The van der Waals surface area contributed by atoms with E-state index in [2.05, 4.69) is 10.6 Å². The van der Waals surface area contributed by atoms with Gasteiger partial charge in [0.1, 0.15) is 0 Å². The Balaban J connectivity index is 1.63. The summed E-state index contributed by atoms with van der Waals surface area (Å²) in [7, 11) is 0. The zero-order chi connectivity index (χ0) is 12.4. The number of rotatable bonds is 3. The van der Waals surface area contributed by atoms with Gasteiger partial charge in [-0.25, -0.2) is 0 Å². The Morgan fingerprint density at radius 2 is 2.39 bits per heavy atom. The number of carbonyl (C=O) groups excluding carboxylic acids is 1. The van der Waals surface area contributed by atoms with Gasteiger partial charge in [0.15, 0.2) is 11.5 Å². The molecular formula is C13H16N2O3. The van der Waals surface area contributed by atoms with Gasteiger partial charge < -0.3 is 20.1 Å². The second-order valence-corrected chi connectivity index (χ2v) is 4.56. The van der Waals surface area contributed by atoms with Crippen LogP contribution in [0.1, 0.15) is 12.0 Å². The second-order valence-electron chi connectivity index (χ2n) is 4.56. The minimum absolute atomic E-state index is 0.0962. The predicted octanol–water partition coefficient (Wildman–Crippen LogP) is 0.641. The van der Waals surface area contributed by atoms with Crippen molar-refractivity contribution >= 4 is 5.91 Å². The van der Waals surface area contributed by atoms with Crippen LogP contribution in [0.25, 0.3) is 0 Å². The largest absolute Gasteiger partial charge is 0.454 e. The van der Waals surface area contributed by atoms with E-state index in [0.717, 1.165) is 36.6 Å². The number of ether oxygens (including phenoxy) is 2. The third kappa shape index (κ3) is 2.13. The van der Waals surface area contributed by atoms with Crippen molar-refractivity contribution in [1.82, 2.24) is 10.6 Å². The molecule has 1 aromatic carbocycles. The monoisotopic (exact) mass is 248 g/mol. The van der Waals surface area contributed by atoms with Crippen LogP contribution < -0.4 is 20.1 Å². The minimum atomic E-state index is 0.0962. The number of hydrogen-bond acceptors (Lipinski definition) is 4. The molecule has 1 aromatic rings. The molecule has 5 nitrogen and oxygen atoms in total. The van der Waals surface area contributed by atoms with Gasteiger partial charge in [0, 0.05) is 18.7 Å². The highest BCUT2D eigenvalue weighted by molar-refractivity contribution is 5.79. The molecule has 0 aromatic heterocycles. The van der Waals surface area contributed by atoms with E-state index >= 15 is 0 Å². The van der Waals surface area contributed by atoms with E-state index in [4.69, 9.17) is 9.47 Å². The number of carbonyl (C=O) groups is 1. The maximum absolute atomic E-state index is 11.9. The zero-order valence-corrected chi connectivity index (χ0v) is 10.1. The van der Waals surface area contributed by atoms with Crippen molar-refractivity contribution < 1.29 is 14.3 Å². The molecule has 2 aliphatic rings. The third-order valence-corrected chi connectivity index (χ3v) is 3.36. The molecule has 2 heterocycles. The Labute approximate surface area is 105 Å². The first-order valence-electron chi connectivity index (χ1n) is 6.20. The maximum atomic E-state index is 11.9. The molecule has 2 aliphatic heterocycles. The van der Waals surface area contributed by atoms with E-state index < -0.39 is 0 Å². The lowest BCUT2D eigenvalue weighted by atomic mass is 10.1. The van der Waals surface area contributed by atoms with Crippen LogP contribution in [-0.2, 0) is 11.3 Å². The lowest BCUT2D eigenvalue weighted by molar-refractivity contribution is -0.124. The lowest BCUT2D eigenvalue weighted by Crippen LogP contribution is -2.31. The van der Waals surface area contributed by atoms with Crippen LogP contribution in [0, 0.1) is 5.92 Å². The topological polar surface area (TPSA) is 59.6 Å². The van der Waals surface area contributed by atoms with Crippen molar-refractivity contribution in [3.63, 3.8) is 0 Å². The maximum Gasteiger partial charge on any atom is 0.231 e. The molecule has 1 atom stereocenters. The predicted molar refractivity (Wildman–Crippen MR) is 65.4 cm³/mol. The van der Waals surface area contributed by atoms with E-state index in [1.807, 2.05) is 18.2 Å².